The Balaban J connectivity index is 1.73. The van der Waals surface area contributed by atoms with Crippen LogP contribution in [-0.4, -0.2) is 44.3 Å². The third-order valence-electron chi connectivity index (χ3n) is 5.00. The predicted octanol–water partition coefficient (Wildman–Crippen LogP) is 2.34. The lowest BCUT2D eigenvalue weighted by Crippen LogP contribution is -2.45. The summed E-state index contributed by atoms with van der Waals surface area (Å²) in [5.41, 5.74) is -0.107. The number of rotatable bonds is 5. The maximum atomic E-state index is 12.9. The number of benzene rings is 1. The van der Waals surface area contributed by atoms with Gasteiger partial charge in [0.15, 0.2) is 6.10 Å². The van der Waals surface area contributed by atoms with E-state index in [9.17, 15) is 9.59 Å². The fraction of sp³-hybridized carbons (Fsp3) is 0.550. The van der Waals surface area contributed by atoms with Gasteiger partial charge in [0.05, 0.1) is 0 Å². The maximum Gasteiger partial charge on any atom is 0.345 e. The molecule has 2 atom stereocenters. The van der Waals surface area contributed by atoms with Crippen LogP contribution in [0.3, 0.4) is 0 Å². The van der Waals surface area contributed by atoms with Crippen LogP contribution in [0.25, 0.3) is 0 Å². The summed E-state index contributed by atoms with van der Waals surface area (Å²) < 4.78 is 8.91. The summed E-state index contributed by atoms with van der Waals surface area (Å²) in [5.74, 6) is 1.48. The Hall–Kier alpha value is -2.57. The summed E-state index contributed by atoms with van der Waals surface area (Å²) in [6.45, 7) is 7.01. The Kier molecular flexibility index (Phi) is 5.68. The minimum Gasteiger partial charge on any atom is -0.481 e. The van der Waals surface area contributed by atoms with E-state index in [1.165, 1.54) is 4.68 Å². The van der Waals surface area contributed by atoms with Gasteiger partial charge in [-0.1, -0.05) is 18.2 Å². The quantitative estimate of drug-likeness (QED) is 0.808. The molecule has 0 radical (unpaired) electrons. The smallest absolute Gasteiger partial charge is 0.345 e. The van der Waals surface area contributed by atoms with Crippen LogP contribution in [0, 0.1) is 0 Å². The first-order valence-electron chi connectivity index (χ1n) is 9.54. The second-order valence-electron chi connectivity index (χ2n) is 7.42. The molecule has 1 aliphatic rings. The van der Waals surface area contributed by atoms with Crippen LogP contribution in [0.1, 0.15) is 51.4 Å². The third-order valence-corrected chi connectivity index (χ3v) is 5.00. The highest BCUT2D eigenvalue weighted by Gasteiger charge is 2.32. The molecular formula is C20H28N4O3. The number of aromatic nitrogens is 3. The monoisotopic (exact) mass is 372 g/mol. The summed E-state index contributed by atoms with van der Waals surface area (Å²) in [6.07, 6.45) is 1.25. The van der Waals surface area contributed by atoms with Crippen molar-refractivity contribution in [2.45, 2.75) is 51.7 Å². The van der Waals surface area contributed by atoms with Crippen LogP contribution in [0.5, 0.6) is 5.75 Å². The van der Waals surface area contributed by atoms with Gasteiger partial charge in [0, 0.05) is 32.1 Å². The average molecular weight is 372 g/mol. The molecule has 27 heavy (non-hydrogen) atoms. The second-order valence-corrected chi connectivity index (χ2v) is 7.42. The first-order valence-corrected chi connectivity index (χ1v) is 9.54. The molecule has 0 bridgehead atoms. The number of amides is 1. The highest BCUT2D eigenvalue weighted by Crippen LogP contribution is 2.27. The molecule has 1 aliphatic heterocycles. The minimum absolute atomic E-state index is 0.0297. The number of piperidine rings is 1. The van der Waals surface area contributed by atoms with Crippen LogP contribution in [0.15, 0.2) is 35.1 Å². The number of nitrogens with zero attached hydrogens (tertiary/aromatic N) is 4. The highest BCUT2D eigenvalue weighted by atomic mass is 16.5. The molecule has 2 unspecified atom stereocenters. The second kappa shape index (κ2) is 7.98. The standard InChI is InChI=1S/C20H28N4O3/c1-14(2)24-18(21-22(4)20(24)26)16-9-8-12-23(13-16)19(25)15(3)27-17-10-6-5-7-11-17/h5-7,10-11,14-16H,8-9,12-13H2,1-4H3. The van der Waals surface area contributed by atoms with Crippen LogP contribution >= 0.6 is 0 Å². The number of likely N-dealkylation sites (tertiary alicyclic amines) is 1. The minimum atomic E-state index is -0.554. The van der Waals surface area contributed by atoms with Crippen molar-refractivity contribution >= 4 is 5.91 Å². The maximum absolute atomic E-state index is 12.9. The molecule has 7 nitrogen and oxygen atoms in total. The van der Waals surface area contributed by atoms with Crippen molar-refractivity contribution in [3.8, 4) is 5.75 Å². The van der Waals surface area contributed by atoms with Crippen molar-refractivity contribution in [1.29, 1.82) is 0 Å². The topological polar surface area (TPSA) is 69.4 Å². The molecule has 0 N–H and O–H groups in total. The van der Waals surface area contributed by atoms with Gasteiger partial charge in [-0.15, -0.1) is 0 Å². The number of ether oxygens (including phenoxy) is 1. The lowest BCUT2D eigenvalue weighted by atomic mass is 9.96. The van der Waals surface area contributed by atoms with Crippen molar-refractivity contribution in [3.63, 3.8) is 0 Å². The van der Waals surface area contributed by atoms with E-state index < -0.39 is 6.10 Å². The molecule has 2 aromatic rings. The van der Waals surface area contributed by atoms with Crippen molar-refractivity contribution in [2.75, 3.05) is 13.1 Å². The molecule has 1 saturated heterocycles. The predicted molar refractivity (Wildman–Crippen MR) is 103 cm³/mol. The van der Waals surface area contributed by atoms with Gasteiger partial charge in [-0.25, -0.2) is 9.48 Å². The van der Waals surface area contributed by atoms with Gasteiger partial charge in [0.25, 0.3) is 5.91 Å². The average Bonchev–Trinajstić information content (AvgIpc) is 2.97. The van der Waals surface area contributed by atoms with E-state index in [0.717, 1.165) is 18.7 Å². The zero-order valence-corrected chi connectivity index (χ0v) is 16.5. The molecule has 1 aromatic carbocycles. The Morgan fingerprint density at radius 1 is 1.22 bits per heavy atom. The fourth-order valence-electron chi connectivity index (χ4n) is 3.66. The molecule has 1 amide bonds. The summed E-state index contributed by atoms with van der Waals surface area (Å²) >= 11 is 0. The van der Waals surface area contributed by atoms with E-state index in [1.807, 2.05) is 49.1 Å². The largest absolute Gasteiger partial charge is 0.481 e. The van der Waals surface area contributed by atoms with E-state index in [1.54, 1.807) is 18.5 Å². The highest BCUT2D eigenvalue weighted by molar-refractivity contribution is 5.81. The summed E-state index contributed by atoms with van der Waals surface area (Å²) in [6, 6.07) is 9.41. The zero-order chi connectivity index (χ0) is 19.6. The molecule has 7 heteroatoms. The van der Waals surface area contributed by atoms with E-state index in [4.69, 9.17) is 4.74 Å². The molecule has 0 saturated carbocycles. The summed E-state index contributed by atoms with van der Waals surface area (Å²) in [5, 5.41) is 4.46. The lowest BCUT2D eigenvalue weighted by Gasteiger charge is -2.34. The Labute approximate surface area is 159 Å². The van der Waals surface area contributed by atoms with Gasteiger partial charge in [-0.05, 0) is 45.7 Å². The molecule has 1 aromatic heterocycles. The Morgan fingerprint density at radius 2 is 1.93 bits per heavy atom. The molecular weight excluding hydrogens is 344 g/mol. The van der Waals surface area contributed by atoms with E-state index in [-0.39, 0.29) is 23.6 Å². The van der Waals surface area contributed by atoms with E-state index >= 15 is 0 Å². The van der Waals surface area contributed by atoms with Crippen molar-refractivity contribution < 1.29 is 9.53 Å². The van der Waals surface area contributed by atoms with Crippen molar-refractivity contribution in [1.82, 2.24) is 19.2 Å². The van der Waals surface area contributed by atoms with Crippen LogP contribution in [0.2, 0.25) is 0 Å². The molecule has 1 fully saturated rings. The number of hydrogen-bond acceptors (Lipinski definition) is 4. The van der Waals surface area contributed by atoms with Crippen LogP contribution < -0.4 is 10.4 Å². The SMILES string of the molecule is CC(Oc1ccccc1)C(=O)N1CCCC(c2nn(C)c(=O)n2C(C)C)C1. The van der Waals surface area contributed by atoms with Gasteiger partial charge in [0.1, 0.15) is 11.6 Å². The molecule has 0 spiro atoms. The number of carbonyl (C=O) groups excluding carboxylic acids is 1. The Bertz CT molecular complexity index is 841. The number of carbonyl (C=O) groups is 1. The van der Waals surface area contributed by atoms with E-state index in [2.05, 4.69) is 5.10 Å². The fourth-order valence-corrected chi connectivity index (χ4v) is 3.66. The summed E-state index contributed by atoms with van der Waals surface area (Å²) in [7, 11) is 1.67. The molecule has 0 aliphatic carbocycles. The molecule has 3 rings (SSSR count). The number of hydrogen-bond donors (Lipinski definition) is 0. The van der Waals surface area contributed by atoms with Crippen molar-refractivity contribution in [3.05, 3.63) is 46.6 Å². The van der Waals surface area contributed by atoms with Crippen molar-refractivity contribution in [2.24, 2.45) is 7.05 Å². The third kappa shape index (κ3) is 4.07. The summed E-state index contributed by atoms with van der Waals surface area (Å²) in [4.78, 5) is 27.1. The van der Waals surface area contributed by atoms with Gasteiger partial charge in [-0.3, -0.25) is 9.36 Å². The van der Waals surface area contributed by atoms with Gasteiger partial charge in [0.2, 0.25) is 0 Å². The van der Waals surface area contributed by atoms with Gasteiger partial charge in [-0.2, -0.15) is 5.10 Å². The Morgan fingerprint density at radius 3 is 2.59 bits per heavy atom. The van der Waals surface area contributed by atoms with E-state index in [0.29, 0.717) is 18.8 Å². The first kappa shape index (κ1) is 19.2. The van der Waals surface area contributed by atoms with Crippen LogP contribution in [0.4, 0.5) is 0 Å². The number of para-hydroxylation sites is 1. The molecule has 146 valence electrons. The van der Waals surface area contributed by atoms with Gasteiger partial charge < -0.3 is 9.64 Å². The first-order chi connectivity index (χ1) is 12.9. The zero-order valence-electron chi connectivity index (χ0n) is 16.5. The van der Waals surface area contributed by atoms with Gasteiger partial charge >= 0.3 is 5.69 Å². The molecule has 2 heterocycles. The lowest BCUT2D eigenvalue weighted by molar-refractivity contribution is -0.139. The number of aryl methyl sites for hydroxylation is 1. The van der Waals surface area contributed by atoms with Crippen LogP contribution in [-0.2, 0) is 11.8 Å². The normalized spacial score (nSPS) is 18.6.